The number of hydrogen-bond donors (Lipinski definition) is 1. The Hall–Kier alpha value is -1.69. The fourth-order valence-electron chi connectivity index (χ4n) is 2.18. The molecule has 0 aliphatic rings. The van der Waals surface area contributed by atoms with Gasteiger partial charge in [-0.1, -0.05) is 29.8 Å². The normalized spacial score (nSPS) is 11.6. The van der Waals surface area contributed by atoms with Gasteiger partial charge in [0.05, 0.1) is 6.42 Å². The second-order valence-corrected chi connectivity index (χ2v) is 6.79. The largest absolute Gasteiger partial charge is 0.481 e. The first-order chi connectivity index (χ1) is 9.77. The van der Waals surface area contributed by atoms with Gasteiger partial charge in [-0.15, -0.1) is 10.2 Å². The number of carbonyl (C=O) groups is 1. The zero-order chi connectivity index (χ0) is 15.6. The summed E-state index contributed by atoms with van der Waals surface area (Å²) in [5.74, 6) is 0.0863. The zero-order valence-corrected chi connectivity index (χ0v) is 13.8. The fraction of sp³-hybridized carbons (Fsp3) is 0.400. The second-order valence-electron chi connectivity index (χ2n) is 5.87. The van der Waals surface area contributed by atoms with E-state index in [4.69, 9.17) is 9.52 Å². The summed E-state index contributed by atoms with van der Waals surface area (Å²) in [5.41, 5.74) is 1.49. The summed E-state index contributed by atoms with van der Waals surface area (Å²) in [4.78, 5) is 10.8. The van der Waals surface area contributed by atoms with Crippen LogP contribution in [0.1, 0.15) is 31.7 Å². The third-order valence-corrected chi connectivity index (χ3v) is 3.64. The topological polar surface area (TPSA) is 76.2 Å². The van der Waals surface area contributed by atoms with Crippen molar-refractivity contribution in [3.05, 3.63) is 34.1 Å². The highest BCUT2D eigenvalue weighted by Crippen LogP contribution is 2.29. The van der Waals surface area contributed by atoms with Gasteiger partial charge < -0.3 is 9.52 Å². The van der Waals surface area contributed by atoms with E-state index in [0.29, 0.717) is 18.2 Å². The summed E-state index contributed by atoms with van der Waals surface area (Å²) < 4.78 is 6.67. The van der Waals surface area contributed by atoms with Crippen molar-refractivity contribution in [1.82, 2.24) is 10.2 Å². The van der Waals surface area contributed by atoms with E-state index in [1.54, 1.807) is 0 Å². The molecule has 0 amide bonds. The standard InChI is InChI=1S/C15H17BrN2O3/c1-9-6-10(16)4-5-11(9)14-18-17-12(21-14)7-15(2,3)8-13(19)20/h4-6H,7-8H2,1-3H3,(H,19,20). The molecule has 0 saturated carbocycles. The van der Waals surface area contributed by atoms with E-state index in [1.165, 1.54) is 0 Å². The second kappa shape index (κ2) is 5.97. The molecular formula is C15H17BrN2O3. The molecule has 0 aliphatic heterocycles. The monoisotopic (exact) mass is 352 g/mol. The Labute approximate surface area is 131 Å². The van der Waals surface area contributed by atoms with E-state index < -0.39 is 11.4 Å². The Morgan fingerprint density at radius 3 is 2.71 bits per heavy atom. The van der Waals surface area contributed by atoms with Crippen LogP contribution in [0.2, 0.25) is 0 Å². The first-order valence-electron chi connectivity index (χ1n) is 6.57. The minimum Gasteiger partial charge on any atom is -0.481 e. The number of halogens is 1. The molecule has 0 radical (unpaired) electrons. The van der Waals surface area contributed by atoms with Gasteiger partial charge in [0.15, 0.2) is 0 Å². The number of carboxylic acids is 1. The summed E-state index contributed by atoms with van der Waals surface area (Å²) in [7, 11) is 0. The molecule has 0 spiro atoms. The molecule has 112 valence electrons. The van der Waals surface area contributed by atoms with E-state index in [-0.39, 0.29) is 6.42 Å². The Morgan fingerprint density at radius 2 is 2.10 bits per heavy atom. The fourth-order valence-corrected chi connectivity index (χ4v) is 2.66. The Morgan fingerprint density at radius 1 is 1.38 bits per heavy atom. The van der Waals surface area contributed by atoms with E-state index in [2.05, 4.69) is 26.1 Å². The molecule has 0 aliphatic carbocycles. The minimum atomic E-state index is -0.830. The van der Waals surface area contributed by atoms with Gasteiger partial charge in [0.25, 0.3) is 0 Å². The Bertz CT molecular complexity index is 665. The smallest absolute Gasteiger partial charge is 0.303 e. The number of nitrogens with zero attached hydrogens (tertiary/aromatic N) is 2. The minimum absolute atomic E-state index is 0.0576. The molecule has 1 aromatic heterocycles. The lowest BCUT2D eigenvalue weighted by molar-refractivity contribution is -0.139. The van der Waals surface area contributed by atoms with Crippen LogP contribution in [-0.2, 0) is 11.2 Å². The SMILES string of the molecule is Cc1cc(Br)ccc1-c1nnc(CC(C)(C)CC(=O)O)o1. The van der Waals surface area contributed by atoms with Crippen LogP contribution in [-0.4, -0.2) is 21.3 Å². The molecule has 0 atom stereocenters. The van der Waals surface area contributed by atoms with Crippen molar-refractivity contribution in [1.29, 1.82) is 0 Å². The average molecular weight is 353 g/mol. The van der Waals surface area contributed by atoms with Crippen molar-refractivity contribution in [2.45, 2.75) is 33.6 Å². The maximum absolute atomic E-state index is 10.8. The van der Waals surface area contributed by atoms with Crippen molar-refractivity contribution in [2.75, 3.05) is 0 Å². The molecule has 6 heteroatoms. The highest BCUT2D eigenvalue weighted by molar-refractivity contribution is 9.10. The van der Waals surface area contributed by atoms with Crippen LogP contribution in [0.3, 0.4) is 0 Å². The number of carboxylic acid groups (broad SMARTS) is 1. The third kappa shape index (κ3) is 4.14. The summed E-state index contributed by atoms with van der Waals surface area (Å²) in [6.07, 6.45) is 0.490. The Kier molecular flexibility index (Phi) is 4.46. The van der Waals surface area contributed by atoms with Crippen molar-refractivity contribution < 1.29 is 14.3 Å². The summed E-state index contributed by atoms with van der Waals surface area (Å²) in [5, 5.41) is 17.0. The van der Waals surface area contributed by atoms with Crippen molar-refractivity contribution in [3.8, 4) is 11.5 Å². The summed E-state index contributed by atoms with van der Waals surface area (Å²) in [6, 6.07) is 5.81. The van der Waals surface area contributed by atoms with E-state index in [9.17, 15) is 4.79 Å². The highest BCUT2D eigenvalue weighted by atomic mass is 79.9. The van der Waals surface area contributed by atoms with Crippen molar-refractivity contribution in [3.63, 3.8) is 0 Å². The van der Waals surface area contributed by atoms with Crippen molar-refractivity contribution in [2.24, 2.45) is 5.41 Å². The van der Waals surface area contributed by atoms with Crippen LogP contribution in [0, 0.1) is 12.3 Å². The molecule has 0 unspecified atom stereocenters. The molecular weight excluding hydrogens is 336 g/mol. The van der Waals surface area contributed by atoms with Gasteiger partial charge in [0.2, 0.25) is 11.8 Å². The molecule has 2 rings (SSSR count). The molecule has 21 heavy (non-hydrogen) atoms. The number of benzene rings is 1. The molecule has 2 aromatic rings. The van der Waals surface area contributed by atoms with Gasteiger partial charge in [-0.3, -0.25) is 4.79 Å². The first kappa shape index (κ1) is 15.7. The average Bonchev–Trinajstić information content (AvgIpc) is 2.74. The molecule has 1 N–H and O–H groups in total. The number of rotatable bonds is 5. The molecule has 5 nitrogen and oxygen atoms in total. The van der Waals surface area contributed by atoms with Crippen LogP contribution in [0.25, 0.3) is 11.5 Å². The van der Waals surface area contributed by atoms with Crippen LogP contribution in [0.5, 0.6) is 0 Å². The number of aryl methyl sites for hydroxylation is 1. The van der Waals surface area contributed by atoms with Crippen molar-refractivity contribution >= 4 is 21.9 Å². The molecule has 1 heterocycles. The highest BCUT2D eigenvalue weighted by Gasteiger charge is 2.25. The first-order valence-corrected chi connectivity index (χ1v) is 7.37. The van der Waals surface area contributed by atoms with Crippen LogP contribution in [0.15, 0.2) is 27.1 Å². The summed E-state index contributed by atoms with van der Waals surface area (Å²) >= 11 is 3.41. The van der Waals surface area contributed by atoms with Gasteiger partial charge in [-0.05, 0) is 36.1 Å². The van der Waals surface area contributed by atoms with Gasteiger partial charge in [0, 0.05) is 16.5 Å². The Balaban J connectivity index is 2.20. The molecule has 0 fully saturated rings. The van der Waals surface area contributed by atoms with E-state index >= 15 is 0 Å². The predicted octanol–water partition coefficient (Wildman–Crippen LogP) is 3.85. The van der Waals surface area contributed by atoms with Crippen LogP contribution >= 0.6 is 15.9 Å². The number of aliphatic carboxylic acids is 1. The van der Waals surface area contributed by atoms with Gasteiger partial charge >= 0.3 is 5.97 Å². The van der Waals surface area contributed by atoms with E-state index in [0.717, 1.165) is 15.6 Å². The van der Waals surface area contributed by atoms with Crippen LogP contribution < -0.4 is 0 Å². The summed E-state index contributed by atoms with van der Waals surface area (Å²) in [6.45, 7) is 5.71. The lowest BCUT2D eigenvalue weighted by Gasteiger charge is -2.19. The quantitative estimate of drug-likeness (QED) is 0.884. The number of hydrogen-bond acceptors (Lipinski definition) is 4. The van der Waals surface area contributed by atoms with Gasteiger partial charge in [-0.2, -0.15) is 0 Å². The zero-order valence-electron chi connectivity index (χ0n) is 12.2. The molecule has 1 aromatic carbocycles. The van der Waals surface area contributed by atoms with Gasteiger partial charge in [-0.25, -0.2) is 0 Å². The van der Waals surface area contributed by atoms with Gasteiger partial charge in [0.1, 0.15) is 0 Å². The lowest BCUT2D eigenvalue weighted by atomic mass is 9.86. The molecule has 0 bridgehead atoms. The predicted molar refractivity (Wildman–Crippen MR) is 81.9 cm³/mol. The van der Waals surface area contributed by atoms with E-state index in [1.807, 2.05) is 39.0 Å². The number of aromatic nitrogens is 2. The maximum atomic E-state index is 10.8. The lowest BCUT2D eigenvalue weighted by Crippen LogP contribution is -2.19. The van der Waals surface area contributed by atoms with Crippen LogP contribution in [0.4, 0.5) is 0 Å². The third-order valence-electron chi connectivity index (χ3n) is 3.15. The maximum Gasteiger partial charge on any atom is 0.303 e. The molecule has 0 saturated heterocycles.